The Labute approximate surface area is 75.5 Å². The summed E-state index contributed by atoms with van der Waals surface area (Å²) in [5.41, 5.74) is 1.18. The second-order valence-corrected chi connectivity index (χ2v) is 3.09. The molecule has 0 atom stereocenters. The molecule has 1 aromatic carbocycles. The minimum Gasteiger partial charge on any atom is -0.305 e. The molecule has 1 N–H and O–H groups in total. The van der Waals surface area contributed by atoms with Crippen molar-refractivity contribution in [2.24, 2.45) is 0 Å². The fourth-order valence-electron chi connectivity index (χ4n) is 0.794. The van der Waals surface area contributed by atoms with Crippen molar-refractivity contribution in [3.05, 3.63) is 33.8 Å². The van der Waals surface area contributed by atoms with Crippen LogP contribution in [0.1, 0.15) is 12.5 Å². The third-order valence-corrected chi connectivity index (χ3v) is 1.88. The molecule has 3 heteroatoms. The second-order valence-electron chi connectivity index (χ2n) is 2.25. The van der Waals surface area contributed by atoms with E-state index in [-0.39, 0.29) is 0 Å². The quantitative estimate of drug-likeness (QED) is 0.653. The minimum absolute atomic E-state index is 0.451. The van der Waals surface area contributed by atoms with Gasteiger partial charge in [0.15, 0.2) is 0 Å². The van der Waals surface area contributed by atoms with Gasteiger partial charge in [0.2, 0.25) is 0 Å². The van der Waals surface area contributed by atoms with Crippen LogP contribution in [0.2, 0.25) is 10.0 Å². The van der Waals surface area contributed by atoms with Crippen molar-refractivity contribution in [2.45, 2.75) is 6.92 Å². The predicted molar refractivity (Wildman–Crippen MR) is 49.0 cm³/mol. The fraction of sp³-hybridized carbons (Fsp3) is 0.125. The minimum atomic E-state index is 0.451. The van der Waals surface area contributed by atoms with E-state index < -0.39 is 0 Å². The Morgan fingerprint density at radius 1 is 1.36 bits per heavy atom. The molecule has 0 saturated heterocycles. The van der Waals surface area contributed by atoms with E-state index in [1.165, 1.54) is 0 Å². The van der Waals surface area contributed by atoms with E-state index in [1.807, 2.05) is 0 Å². The van der Waals surface area contributed by atoms with E-state index in [0.29, 0.717) is 15.8 Å². The van der Waals surface area contributed by atoms with Crippen LogP contribution in [0.25, 0.3) is 0 Å². The highest BCUT2D eigenvalue weighted by Gasteiger charge is 2.01. The van der Waals surface area contributed by atoms with Crippen LogP contribution in [-0.2, 0) is 0 Å². The topological polar surface area (TPSA) is 23.9 Å². The molecule has 0 heterocycles. The van der Waals surface area contributed by atoms with Crippen molar-refractivity contribution >= 4 is 28.9 Å². The highest BCUT2D eigenvalue weighted by Crippen LogP contribution is 2.20. The molecule has 11 heavy (non-hydrogen) atoms. The second kappa shape index (κ2) is 3.24. The van der Waals surface area contributed by atoms with Crippen molar-refractivity contribution < 1.29 is 0 Å². The molecule has 0 aromatic heterocycles. The van der Waals surface area contributed by atoms with Gasteiger partial charge in [-0.25, -0.2) is 0 Å². The van der Waals surface area contributed by atoms with Crippen LogP contribution in [0, 0.1) is 5.41 Å². The predicted octanol–water partition coefficient (Wildman–Crippen LogP) is 3.38. The summed E-state index contributed by atoms with van der Waals surface area (Å²) >= 11 is 11.5. The monoisotopic (exact) mass is 187 g/mol. The fourth-order valence-corrected chi connectivity index (χ4v) is 1.34. The van der Waals surface area contributed by atoms with Crippen LogP contribution in [0.15, 0.2) is 18.2 Å². The van der Waals surface area contributed by atoms with Gasteiger partial charge >= 0.3 is 0 Å². The molecule has 0 aliphatic carbocycles. The standard InChI is InChI=1S/C8H7Cl2N/c1-5(11)7-3-2-6(9)4-8(7)10/h2-4,11H,1H3. The van der Waals surface area contributed by atoms with Gasteiger partial charge in [-0.05, 0) is 19.1 Å². The summed E-state index contributed by atoms with van der Waals surface area (Å²) in [6.07, 6.45) is 0. The average Bonchev–Trinajstić information content (AvgIpc) is 1.85. The molecule has 1 nitrogen and oxygen atoms in total. The zero-order valence-corrected chi connectivity index (χ0v) is 7.50. The molecule has 0 fully saturated rings. The third kappa shape index (κ3) is 1.95. The van der Waals surface area contributed by atoms with Crippen molar-refractivity contribution in [3.63, 3.8) is 0 Å². The molecule has 0 unspecified atom stereocenters. The first-order chi connectivity index (χ1) is 5.11. The van der Waals surface area contributed by atoms with Crippen molar-refractivity contribution in [1.82, 2.24) is 0 Å². The van der Waals surface area contributed by atoms with Gasteiger partial charge in [-0.1, -0.05) is 29.3 Å². The lowest BCUT2D eigenvalue weighted by Crippen LogP contribution is -1.92. The maximum atomic E-state index is 7.32. The van der Waals surface area contributed by atoms with E-state index in [0.717, 1.165) is 5.56 Å². The highest BCUT2D eigenvalue weighted by molar-refractivity contribution is 6.36. The maximum Gasteiger partial charge on any atom is 0.0511 e. The van der Waals surface area contributed by atoms with E-state index >= 15 is 0 Å². The summed E-state index contributed by atoms with van der Waals surface area (Å²) < 4.78 is 0. The van der Waals surface area contributed by atoms with Crippen LogP contribution in [0.3, 0.4) is 0 Å². The molecule has 0 saturated carbocycles. The van der Waals surface area contributed by atoms with Gasteiger partial charge in [-0.15, -0.1) is 0 Å². The molecule has 0 bridgehead atoms. The molecule has 0 aliphatic rings. The summed E-state index contributed by atoms with van der Waals surface area (Å²) in [5, 5.41) is 8.45. The number of hydrogen-bond donors (Lipinski definition) is 1. The number of rotatable bonds is 1. The summed E-state index contributed by atoms with van der Waals surface area (Å²) in [5.74, 6) is 0. The zero-order valence-electron chi connectivity index (χ0n) is 5.99. The third-order valence-electron chi connectivity index (χ3n) is 1.34. The molecule has 1 rings (SSSR count). The zero-order chi connectivity index (χ0) is 8.43. The largest absolute Gasteiger partial charge is 0.305 e. The van der Waals surface area contributed by atoms with Crippen LogP contribution >= 0.6 is 23.2 Å². The molecule has 0 aliphatic heterocycles. The van der Waals surface area contributed by atoms with Crippen molar-refractivity contribution in [2.75, 3.05) is 0 Å². The van der Waals surface area contributed by atoms with E-state index in [1.54, 1.807) is 25.1 Å². The van der Waals surface area contributed by atoms with Gasteiger partial charge in [0.05, 0.1) is 5.02 Å². The Bertz CT molecular complexity index is 294. The first-order valence-corrected chi connectivity index (χ1v) is 3.87. The smallest absolute Gasteiger partial charge is 0.0511 e. The normalized spacial score (nSPS) is 9.73. The molecule has 0 amide bonds. The Hall–Kier alpha value is -0.530. The van der Waals surface area contributed by atoms with Gasteiger partial charge in [-0.3, -0.25) is 0 Å². The molecule has 0 radical (unpaired) electrons. The van der Waals surface area contributed by atoms with Crippen LogP contribution in [-0.4, -0.2) is 5.71 Å². The summed E-state index contributed by atoms with van der Waals surface area (Å²) in [4.78, 5) is 0. The lowest BCUT2D eigenvalue weighted by Gasteiger charge is -2.00. The number of benzene rings is 1. The SMILES string of the molecule is CC(=N)c1ccc(Cl)cc1Cl. The Morgan fingerprint density at radius 3 is 2.45 bits per heavy atom. The Morgan fingerprint density at radius 2 is 2.00 bits per heavy atom. The van der Waals surface area contributed by atoms with Gasteiger partial charge in [0, 0.05) is 16.3 Å². The van der Waals surface area contributed by atoms with Gasteiger partial charge in [0.25, 0.3) is 0 Å². The Kier molecular flexibility index (Phi) is 2.53. The number of halogens is 2. The molecular weight excluding hydrogens is 181 g/mol. The summed E-state index contributed by atoms with van der Waals surface area (Å²) in [6, 6.07) is 5.10. The first kappa shape index (κ1) is 8.57. The Balaban J connectivity index is 3.20. The van der Waals surface area contributed by atoms with Gasteiger partial charge in [0.1, 0.15) is 0 Å². The lowest BCUT2D eigenvalue weighted by molar-refractivity contribution is 1.45. The maximum absolute atomic E-state index is 7.32. The number of nitrogens with one attached hydrogen (secondary N) is 1. The van der Waals surface area contributed by atoms with E-state index in [2.05, 4.69) is 0 Å². The van der Waals surface area contributed by atoms with Crippen LogP contribution in [0.5, 0.6) is 0 Å². The molecule has 0 spiro atoms. The van der Waals surface area contributed by atoms with Gasteiger partial charge < -0.3 is 5.41 Å². The lowest BCUT2D eigenvalue weighted by atomic mass is 10.1. The first-order valence-electron chi connectivity index (χ1n) is 3.12. The molecule has 1 aromatic rings. The van der Waals surface area contributed by atoms with E-state index in [9.17, 15) is 0 Å². The van der Waals surface area contributed by atoms with Crippen LogP contribution < -0.4 is 0 Å². The summed E-state index contributed by atoms with van der Waals surface area (Å²) in [6.45, 7) is 1.69. The average molecular weight is 188 g/mol. The van der Waals surface area contributed by atoms with Crippen LogP contribution in [0.4, 0.5) is 0 Å². The van der Waals surface area contributed by atoms with E-state index in [4.69, 9.17) is 28.6 Å². The number of hydrogen-bond acceptors (Lipinski definition) is 1. The van der Waals surface area contributed by atoms with Crippen molar-refractivity contribution in [3.8, 4) is 0 Å². The molecule has 58 valence electrons. The highest BCUT2D eigenvalue weighted by atomic mass is 35.5. The van der Waals surface area contributed by atoms with Gasteiger partial charge in [-0.2, -0.15) is 0 Å². The molecular formula is C8H7Cl2N. The van der Waals surface area contributed by atoms with Crippen molar-refractivity contribution in [1.29, 1.82) is 5.41 Å². The summed E-state index contributed by atoms with van der Waals surface area (Å²) in [7, 11) is 0.